The van der Waals surface area contributed by atoms with Gasteiger partial charge in [-0.2, -0.15) is 4.98 Å². The standard InChI is InChI=1S/C11H10ClN3O3/c12-7-3-6-10-13-11(14-18-10)8-4-1-2-5-9(8)15(16)17/h1-2,4-5H,3,6-7H2. The molecule has 0 aliphatic rings. The number of aromatic nitrogens is 2. The first-order valence-corrected chi connectivity index (χ1v) is 5.88. The van der Waals surface area contributed by atoms with Crippen molar-refractivity contribution in [3.8, 4) is 11.4 Å². The van der Waals surface area contributed by atoms with Crippen molar-refractivity contribution in [2.75, 3.05) is 5.88 Å². The van der Waals surface area contributed by atoms with Gasteiger partial charge in [-0.15, -0.1) is 11.6 Å². The van der Waals surface area contributed by atoms with Crippen LogP contribution in [0.2, 0.25) is 0 Å². The van der Waals surface area contributed by atoms with Crippen molar-refractivity contribution in [3.63, 3.8) is 0 Å². The van der Waals surface area contributed by atoms with Gasteiger partial charge in [0.2, 0.25) is 11.7 Å². The maximum absolute atomic E-state index is 10.9. The number of rotatable bonds is 5. The molecule has 0 radical (unpaired) electrons. The molecular weight excluding hydrogens is 258 g/mol. The Hall–Kier alpha value is -1.95. The lowest BCUT2D eigenvalue weighted by Gasteiger charge is -1.96. The second-order valence-electron chi connectivity index (χ2n) is 3.58. The van der Waals surface area contributed by atoms with Gasteiger partial charge in [-0.25, -0.2) is 0 Å². The number of benzene rings is 1. The molecule has 0 N–H and O–H groups in total. The Morgan fingerprint density at radius 2 is 2.17 bits per heavy atom. The minimum Gasteiger partial charge on any atom is -0.339 e. The highest BCUT2D eigenvalue weighted by molar-refractivity contribution is 6.17. The maximum Gasteiger partial charge on any atom is 0.280 e. The lowest BCUT2D eigenvalue weighted by Crippen LogP contribution is -1.93. The van der Waals surface area contributed by atoms with Gasteiger partial charge in [0.25, 0.3) is 5.69 Å². The van der Waals surface area contributed by atoms with Crippen LogP contribution in [0.1, 0.15) is 12.3 Å². The topological polar surface area (TPSA) is 82.1 Å². The van der Waals surface area contributed by atoms with Gasteiger partial charge in [-0.3, -0.25) is 10.1 Å². The molecule has 0 saturated carbocycles. The van der Waals surface area contributed by atoms with E-state index < -0.39 is 4.92 Å². The number of nitro groups is 1. The van der Waals surface area contributed by atoms with Gasteiger partial charge in [-0.05, 0) is 12.5 Å². The van der Waals surface area contributed by atoms with Crippen LogP contribution in [0, 0.1) is 10.1 Å². The fourth-order valence-electron chi connectivity index (χ4n) is 1.51. The largest absolute Gasteiger partial charge is 0.339 e. The fraction of sp³-hybridized carbons (Fsp3) is 0.273. The third-order valence-electron chi connectivity index (χ3n) is 2.33. The zero-order chi connectivity index (χ0) is 13.0. The molecule has 1 heterocycles. The molecule has 0 aliphatic heterocycles. The van der Waals surface area contributed by atoms with Crippen molar-refractivity contribution < 1.29 is 9.45 Å². The Morgan fingerprint density at radius 1 is 1.39 bits per heavy atom. The monoisotopic (exact) mass is 267 g/mol. The molecule has 7 heteroatoms. The number of nitrogens with zero attached hydrogens (tertiary/aromatic N) is 3. The molecule has 1 aromatic heterocycles. The Balaban J connectivity index is 2.31. The van der Waals surface area contributed by atoms with E-state index in [1.165, 1.54) is 6.07 Å². The maximum atomic E-state index is 10.9. The average Bonchev–Trinajstić information content (AvgIpc) is 2.85. The van der Waals surface area contributed by atoms with E-state index >= 15 is 0 Å². The number of hydrogen-bond donors (Lipinski definition) is 0. The first-order chi connectivity index (χ1) is 8.72. The summed E-state index contributed by atoms with van der Waals surface area (Å²) in [5, 5.41) is 14.6. The number of para-hydroxylation sites is 1. The van der Waals surface area contributed by atoms with Gasteiger partial charge in [0.1, 0.15) is 5.56 Å². The molecule has 0 spiro atoms. The van der Waals surface area contributed by atoms with Crippen molar-refractivity contribution in [2.45, 2.75) is 12.8 Å². The van der Waals surface area contributed by atoms with Gasteiger partial charge in [-0.1, -0.05) is 17.3 Å². The molecular formula is C11H10ClN3O3. The third-order valence-corrected chi connectivity index (χ3v) is 2.60. The van der Waals surface area contributed by atoms with Gasteiger partial charge < -0.3 is 4.52 Å². The van der Waals surface area contributed by atoms with Crippen LogP contribution < -0.4 is 0 Å². The smallest absolute Gasteiger partial charge is 0.280 e. The normalized spacial score (nSPS) is 10.5. The molecule has 94 valence electrons. The summed E-state index contributed by atoms with van der Waals surface area (Å²) >= 11 is 5.56. The first kappa shape index (κ1) is 12.5. The zero-order valence-corrected chi connectivity index (χ0v) is 10.1. The summed E-state index contributed by atoms with van der Waals surface area (Å²) in [6.07, 6.45) is 1.29. The fourth-order valence-corrected chi connectivity index (χ4v) is 1.64. The molecule has 0 unspecified atom stereocenters. The first-order valence-electron chi connectivity index (χ1n) is 5.34. The summed E-state index contributed by atoms with van der Waals surface area (Å²) in [7, 11) is 0. The number of alkyl halides is 1. The van der Waals surface area contributed by atoms with Crippen LogP contribution in [0.4, 0.5) is 5.69 Å². The molecule has 0 amide bonds. The SMILES string of the molecule is O=[N+]([O-])c1ccccc1-c1noc(CCCCl)n1. The predicted octanol–water partition coefficient (Wildman–Crippen LogP) is 2.82. The molecule has 0 aliphatic carbocycles. The summed E-state index contributed by atoms with van der Waals surface area (Å²) < 4.78 is 5.01. The third kappa shape index (κ3) is 2.65. The van der Waals surface area contributed by atoms with Crippen molar-refractivity contribution in [2.24, 2.45) is 0 Å². The van der Waals surface area contributed by atoms with E-state index in [4.69, 9.17) is 16.1 Å². The molecule has 0 bridgehead atoms. The predicted molar refractivity (Wildman–Crippen MR) is 65.4 cm³/mol. The van der Waals surface area contributed by atoms with Crippen LogP contribution >= 0.6 is 11.6 Å². The minimum atomic E-state index is -0.468. The molecule has 0 fully saturated rings. The number of hydrogen-bond acceptors (Lipinski definition) is 5. The van der Waals surface area contributed by atoms with Gasteiger partial charge in [0.05, 0.1) is 4.92 Å². The van der Waals surface area contributed by atoms with E-state index in [0.717, 1.165) is 6.42 Å². The summed E-state index contributed by atoms with van der Waals surface area (Å²) in [6, 6.07) is 6.28. The van der Waals surface area contributed by atoms with Gasteiger partial charge >= 0.3 is 0 Å². The summed E-state index contributed by atoms with van der Waals surface area (Å²) in [5.41, 5.74) is 0.311. The summed E-state index contributed by atoms with van der Waals surface area (Å²) in [5.74, 6) is 1.17. The summed E-state index contributed by atoms with van der Waals surface area (Å²) in [6.45, 7) is 0. The Kier molecular flexibility index (Phi) is 3.88. The molecule has 6 nitrogen and oxygen atoms in total. The Morgan fingerprint density at radius 3 is 2.89 bits per heavy atom. The van der Waals surface area contributed by atoms with Crippen molar-refractivity contribution in [1.82, 2.24) is 10.1 Å². The van der Waals surface area contributed by atoms with Gasteiger partial charge in [0.15, 0.2) is 0 Å². The van der Waals surface area contributed by atoms with E-state index in [2.05, 4.69) is 10.1 Å². The van der Waals surface area contributed by atoms with Crippen LogP contribution in [0.25, 0.3) is 11.4 Å². The lowest BCUT2D eigenvalue weighted by atomic mass is 10.2. The lowest BCUT2D eigenvalue weighted by molar-refractivity contribution is -0.384. The second-order valence-corrected chi connectivity index (χ2v) is 3.96. The van der Waals surface area contributed by atoms with E-state index in [9.17, 15) is 10.1 Å². The van der Waals surface area contributed by atoms with E-state index in [-0.39, 0.29) is 11.5 Å². The highest BCUT2D eigenvalue weighted by Crippen LogP contribution is 2.27. The highest BCUT2D eigenvalue weighted by atomic mass is 35.5. The van der Waals surface area contributed by atoms with Crippen LogP contribution in [-0.4, -0.2) is 20.9 Å². The second kappa shape index (κ2) is 5.59. The van der Waals surface area contributed by atoms with E-state index in [0.29, 0.717) is 23.8 Å². The molecule has 0 atom stereocenters. The quantitative estimate of drug-likeness (QED) is 0.473. The average molecular weight is 268 g/mol. The van der Waals surface area contributed by atoms with Crippen LogP contribution in [0.15, 0.2) is 28.8 Å². The zero-order valence-electron chi connectivity index (χ0n) is 9.38. The molecule has 2 rings (SSSR count). The number of halogens is 1. The molecule has 1 aromatic carbocycles. The summed E-state index contributed by atoms with van der Waals surface area (Å²) in [4.78, 5) is 14.5. The van der Waals surface area contributed by atoms with Crippen LogP contribution in [0.5, 0.6) is 0 Å². The highest BCUT2D eigenvalue weighted by Gasteiger charge is 2.18. The number of nitro benzene ring substituents is 1. The number of aryl methyl sites for hydroxylation is 1. The van der Waals surface area contributed by atoms with Crippen LogP contribution in [0.3, 0.4) is 0 Å². The van der Waals surface area contributed by atoms with Crippen molar-refractivity contribution in [3.05, 3.63) is 40.3 Å². The van der Waals surface area contributed by atoms with Crippen molar-refractivity contribution >= 4 is 17.3 Å². The molecule has 0 saturated heterocycles. The molecule has 2 aromatic rings. The van der Waals surface area contributed by atoms with E-state index in [1.807, 2.05) is 0 Å². The minimum absolute atomic E-state index is 0.0396. The molecule has 18 heavy (non-hydrogen) atoms. The van der Waals surface area contributed by atoms with Crippen LogP contribution in [-0.2, 0) is 6.42 Å². The van der Waals surface area contributed by atoms with Gasteiger partial charge in [0, 0.05) is 18.4 Å². The Labute approximate surface area is 108 Å². The van der Waals surface area contributed by atoms with Crippen molar-refractivity contribution in [1.29, 1.82) is 0 Å². The Bertz CT molecular complexity index is 556. The van der Waals surface area contributed by atoms with E-state index in [1.54, 1.807) is 18.2 Å².